The molecule has 0 aromatic rings. The number of aliphatic hydroxyl groups is 2. The first kappa shape index (κ1) is 30.9. The second kappa shape index (κ2) is 11.2. The lowest BCUT2D eigenvalue weighted by Gasteiger charge is -2.63. The van der Waals surface area contributed by atoms with E-state index in [4.69, 9.17) is 18.9 Å². The predicted octanol–water partition coefficient (Wildman–Crippen LogP) is 4.65. The van der Waals surface area contributed by atoms with E-state index in [0.717, 1.165) is 25.7 Å². The van der Waals surface area contributed by atoms with Crippen molar-refractivity contribution in [2.75, 3.05) is 7.11 Å². The number of ketones is 1. The zero-order valence-corrected chi connectivity index (χ0v) is 25.9. The molecule has 1 aliphatic heterocycles. The van der Waals surface area contributed by atoms with Gasteiger partial charge in [0.2, 0.25) is 0 Å². The summed E-state index contributed by atoms with van der Waals surface area (Å²) in [5.74, 6) is -0.540. The van der Waals surface area contributed by atoms with Gasteiger partial charge >= 0.3 is 5.97 Å². The van der Waals surface area contributed by atoms with Crippen molar-refractivity contribution in [3.05, 3.63) is 23.3 Å². The van der Waals surface area contributed by atoms with Crippen molar-refractivity contribution in [3.8, 4) is 0 Å². The molecule has 1 heterocycles. The Hall–Kier alpha value is -1.58. The Morgan fingerprint density at radius 2 is 1.85 bits per heavy atom. The number of ether oxygens (including phenoxy) is 4. The zero-order chi connectivity index (χ0) is 29.9. The molecule has 0 aromatic heterocycles. The van der Waals surface area contributed by atoms with E-state index in [1.807, 2.05) is 20.8 Å². The highest BCUT2D eigenvalue weighted by molar-refractivity contribution is 5.88. The Balaban J connectivity index is 1.40. The van der Waals surface area contributed by atoms with E-state index in [0.29, 0.717) is 31.3 Å². The minimum Gasteiger partial charge on any atom is -0.458 e. The fourth-order valence-corrected chi connectivity index (χ4v) is 9.37. The van der Waals surface area contributed by atoms with Gasteiger partial charge in [0.25, 0.3) is 0 Å². The maximum atomic E-state index is 13.1. The lowest BCUT2D eigenvalue weighted by molar-refractivity contribution is -0.267. The third-order valence-corrected chi connectivity index (χ3v) is 12.1. The van der Waals surface area contributed by atoms with Crippen molar-refractivity contribution >= 4 is 11.8 Å². The average molecular weight is 575 g/mol. The molecule has 0 radical (unpaired) electrons. The lowest BCUT2D eigenvalue weighted by atomic mass is 9.45. The Morgan fingerprint density at radius 1 is 1.12 bits per heavy atom. The van der Waals surface area contributed by atoms with Gasteiger partial charge < -0.3 is 29.2 Å². The molecule has 230 valence electrons. The number of aliphatic hydroxyl groups excluding tert-OH is 1. The minimum atomic E-state index is -1.10. The van der Waals surface area contributed by atoms with Crippen molar-refractivity contribution < 1.29 is 38.7 Å². The van der Waals surface area contributed by atoms with Crippen LogP contribution in [0.3, 0.4) is 0 Å². The van der Waals surface area contributed by atoms with Crippen molar-refractivity contribution in [1.82, 2.24) is 0 Å². The summed E-state index contributed by atoms with van der Waals surface area (Å²) < 4.78 is 24.1. The first-order chi connectivity index (χ1) is 19.3. The third kappa shape index (κ3) is 4.86. The van der Waals surface area contributed by atoms with Gasteiger partial charge in [-0.15, -0.1) is 0 Å². The number of methoxy groups -OCH3 is 1. The summed E-state index contributed by atoms with van der Waals surface area (Å²) in [5.41, 5.74) is -0.220. The minimum absolute atomic E-state index is 0.00712. The quantitative estimate of drug-likeness (QED) is 0.268. The monoisotopic (exact) mass is 574 g/mol. The Bertz CT molecular complexity index is 1100. The smallest absolute Gasteiger partial charge is 0.333 e. The predicted molar refractivity (Wildman–Crippen MR) is 153 cm³/mol. The molecule has 5 aliphatic rings. The highest BCUT2D eigenvalue weighted by Crippen LogP contribution is 2.68. The normalized spacial score (nSPS) is 48.0. The molecular formula is C33H50O8. The van der Waals surface area contributed by atoms with Crippen LogP contribution in [0, 0.1) is 28.6 Å². The Labute approximate surface area is 244 Å². The number of Topliss-reactive ketones (excluding diaryl/α,β-unsaturated/α-hetero) is 1. The van der Waals surface area contributed by atoms with Crippen LogP contribution >= 0.6 is 0 Å². The SMILES string of the molecule is C/C=C(\C)C(=O)O[C@@H]1CC2C(CC=C3C[C@@H](OC4CC(OC)C(O)C(C)O4)CC[C@@]32C)[C@@]2(O)CC[C@H](C(C)=O)[C@@]12C. The highest BCUT2D eigenvalue weighted by atomic mass is 16.7. The van der Waals surface area contributed by atoms with Crippen molar-refractivity contribution in [2.45, 2.75) is 135 Å². The van der Waals surface area contributed by atoms with Gasteiger partial charge in [0.15, 0.2) is 6.29 Å². The summed E-state index contributed by atoms with van der Waals surface area (Å²) in [4.78, 5) is 26.0. The van der Waals surface area contributed by atoms with Crippen molar-refractivity contribution in [2.24, 2.45) is 28.6 Å². The number of hydrogen-bond donors (Lipinski definition) is 2. The van der Waals surface area contributed by atoms with Gasteiger partial charge in [0, 0.05) is 30.4 Å². The standard InChI is InChI=1S/C33H50O8/c1-8-18(2)30(36)41-27-16-25-24(33(37)14-12-23(19(3)34)32(27,33)6)10-9-21-15-22(11-13-31(21,25)5)40-28-17-26(38-7)29(35)20(4)39-28/h8-9,20,22-29,35,37H,10-17H2,1-7H3/b18-8+/t20?,22-,23+,24?,25?,26?,27+,28?,29?,31-,32-,33-/m0/s1. The number of hydrogen-bond acceptors (Lipinski definition) is 8. The molecule has 5 rings (SSSR count). The highest BCUT2D eigenvalue weighted by Gasteiger charge is 2.71. The zero-order valence-electron chi connectivity index (χ0n) is 25.9. The van der Waals surface area contributed by atoms with Gasteiger partial charge in [-0.1, -0.05) is 31.6 Å². The molecular weight excluding hydrogens is 524 g/mol. The summed E-state index contributed by atoms with van der Waals surface area (Å²) in [7, 11) is 1.61. The van der Waals surface area contributed by atoms with Crippen LogP contribution in [-0.4, -0.2) is 71.5 Å². The first-order valence-electron chi connectivity index (χ1n) is 15.6. The molecule has 3 saturated carbocycles. The molecule has 1 saturated heterocycles. The largest absolute Gasteiger partial charge is 0.458 e. The van der Waals surface area contributed by atoms with E-state index in [2.05, 4.69) is 13.0 Å². The summed E-state index contributed by atoms with van der Waals surface area (Å²) in [5, 5.41) is 22.9. The van der Waals surface area contributed by atoms with Crippen LogP contribution in [0.5, 0.6) is 0 Å². The second-order valence-electron chi connectivity index (χ2n) is 13.9. The molecule has 8 nitrogen and oxygen atoms in total. The van der Waals surface area contributed by atoms with E-state index >= 15 is 0 Å². The molecule has 0 amide bonds. The molecule has 0 spiro atoms. The number of rotatable bonds is 6. The lowest BCUT2D eigenvalue weighted by Crippen LogP contribution is -2.66. The Kier molecular flexibility index (Phi) is 8.40. The fraction of sp³-hybridized carbons (Fsp3) is 0.818. The molecule has 2 N–H and O–H groups in total. The van der Waals surface area contributed by atoms with Gasteiger partial charge in [-0.2, -0.15) is 0 Å². The van der Waals surface area contributed by atoms with E-state index < -0.39 is 29.5 Å². The molecule has 12 atom stereocenters. The second-order valence-corrected chi connectivity index (χ2v) is 13.9. The number of carbonyl (C=O) groups excluding carboxylic acids is 2. The number of carbonyl (C=O) groups is 2. The number of fused-ring (bicyclic) bond motifs is 5. The van der Waals surface area contributed by atoms with E-state index in [1.54, 1.807) is 27.0 Å². The van der Waals surface area contributed by atoms with Gasteiger partial charge in [0.1, 0.15) is 18.0 Å². The maximum Gasteiger partial charge on any atom is 0.333 e. The van der Waals surface area contributed by atoms with Crippen LogP contribution in [0.2, 0.25) is 0 Å². The van der Waals surface area contributed by atoms with Crippen LogP contribution < -0.4 is 0 Å². The first-order valence-corrected chi connectivity index (χ1v) is 15.6. The van der Waals surface area contributed by atoms with Crippen molar-refractivity contribution in [3.63, 3.8) is 0 Å². The number of allylic oxidation sites excluding steroid dienone is 2. The Morgan fingerprint density at radius 3 is 2.51 bits per heavy atom. The van der Waals surface area contributed by atoms with Gasteiger partial charge in [-0.05, 0) is 89.9 Å². The van der Waals surface area contributed by atoms with Crippen LogP contribution in [0.1, 0.15) is 92.9 Å². The van der Waals surface area contributed by atoms with E-state index in [-0.39, 0.29) is 53.2 Å². The van der Waals surface area contributed by atoms with Gasteiger partial charge in [0.05, 0.1) is 23.9 Å². The van der Waals surface area contributed by atoms with Crippen molar-refractivity contribution in [1.29, 1.82) is 0 Å². The van der Waals surface area contributed by atoms with E-state index in [1.165, 1.54) is 5.57 Å². The van der Waals surface area contributed by atoms with Crippen LogP contribution in [0.4, 0.5) is 0 Å². The maximum absolute atomic E-state index is 13.1. The topological polar surface area (TPSA) is 112 Å². The van der Waals surface area contributed by atoms with Crippen LogP contribution in [0.25, 0.3) is 0 Å². The van der Waals surface area contributed by atoms with Gasteiger partial charge in [-0.25, -0.2) is 4.79 Å². The summed E-state index contributed by atoms with van der Waals surface area (Å²) in [6.07, 6.45) is 7.25. The molecule has 4 aliphatic carbocycles. The molecule has 4 fully saturated rings. The third-order valence-electron chi connectivity index (χ3n) is 12.1. The summed E-state index contributed by atoms with van der Waals surface area (Å²) in [6.45, 7) is 11.3. The molecule has 0 bridgehead atoms. The fourth-order valence-electron chi connectivity index (χ4n) is 9.37. The van der Waals surface area contributed by atoms with E-state index in [9.17, 15) is 19.8 Å². The molecule has 8 heteroatoms. The summed E-state index contributed by atoms with van der Waals surface area (Å²) >= 11 is 0. The molecule has 6 unspecified atom stereocenters. The van der Waals surface area contributed by atoms with Gasteiger partial charge in [-0.3, -0.25) is 4.79 Å². The summed E-state index contributed by atoms with van der Waals surface area (Å²) in [6, 6.07) is 0. The molecule has 0 aromatic carbocycles. The average Bonchev–Trinajstić information content (AvgIpc) is 3.23. The van der Waals surface area contributed by atoms with Crippen LogP contribution in [0.15, 0.2) is 23.3 Å². The number of esters is 1. The molecule has 41 heavy (non-hydrogen) atoms. The van der Waals surface area contributed by atoms with Crippen LogP contribution in [-0.2, 0) is 28.5 Å².